The van der Waals surface area contributed by atoms with E-state index in [2.05, 4.69) is 0 Å². The number of carbonyl (C=O) groups excluding carboxylic acids is 1. The monoisotopic (exact) mass is 264 g/mol. The van der Waals surface area contributed by atoms with Crippen LogP contribution in [0.5, 0.6) is 11.5 Å². The number of ether oxygens (including phenoxy) is 3. The maximum Gasteiger partial charge on any atom is 0.331 e. The Morgan fingerprint density at radius 2 is 1.84 bits per heavy atom. The highest BCUT2D eigenvalue weighted by Gasteiger charge is 2.11. The highest BCUT2D eigenvalue weighted by Crippen LogP contribution is 2.32. The number of aryl methyl sites for hydroxylation is 1. The maximum absolute atomic E-state index is 11.5. The molecule has 1 aromatic rings. The standard InChI is InChI=1S/C15H20O4/c1-6-19-15(16)8-10(2)12-9-13(17-4)11(3)7-14(12)18-5/h7-9H,6H2,1-5H3/b10-8+. The van der Waals surface area contributed by atoms with Gasteiger partial charge in [0.1, 0.15) is 11.5 Å². The van der Waals surface area contributed by atoms with Gasteiger partial charge >= 0.3 is 5.97 Å². The minimum Gasteiger partial charge on any atom is -0.496 e. The Balaban J connectivity index is 3.20. The minimum absolute atomic E-state index is 0.358. The third kappa shape index (κ3) is 3.74. The number of allylic oxidation sites excluding steroid dienone is 1. The van der Waals surface area contributed by atoms with Crippen LogP contribution in [0.15, 0.2) is 18.2 Å². The molecular formula is C15H20O4. The zero-order chi connectivity index (χ0) is 14.4. The maximum atomic E-state index is 11.5. The van der Waals surface area contributed by atoms with Crippen LogP contribution < -0.4 is 9.47 Å². The molecule has 0 aliphatic heterocycles. The fraction of sp³-hybridized carbons (Fsp3) is 0.400. The predicted molar refractivity (Wildman–Crippen MR) is 74.6 cm³/mol. The fourth-order valence-electron chi connectivity index (χ4n) is 1.80. The molecule has 19 heavy (non-hydrogen) atoms. The van der Waals surface area contributed by atoms with Gasteiger partial charge < -0.3 is 14.2 Å². The SMILES string of the molecule is CCOC(=O)/C=C(\C)c1cc(OC)c(C)cc1OC. The molecule has 0 atom stereocenters. The summed E-state index contributed by atoms with van der Waals surface area (Å²) in [4.78, 5) is 11.5. The van der Waals surface area contributed by atoms with Gasteiger partial charge in [0, 0.05) is 11.6 Å². The van der Waals surface area contributed by atoms with Crippen molar-refractivity contribution in [3.8, 4) is 11.5 Å². The summed E-state index contributed by atoms with van der Waals surface area (Å²) in [6.07, 6.45) is 1.45. The van der Waals surface area contributed by atoms with Gasteiger partial charge in [-0.25, -0.2) is 4.79 Å². The lowest BCUT2D eigenvalue weighted by Gasteiger charge is -2.13. The van der Waals surface area contributed by atoms with Crippen LogP contribution in [0.3, 0.4) is 0 Å². The first-order valence-electron chi connectivity index (χ1n) is 6.11. The first-order valence-corrected chi connectivity index (χ1v) is 6.11. The van der Waals surface area contributed by atoms with E-state index in [1.54, 1.807) is 21.1 Å². The van der Waals surface area contributed by atoms with Crippen molar-refractivity contribution >= 4 is 11.5 Å². The van der Waals surface area contributed by atoms with Gasteiger partial charge in [-0.2, -0.15) is 0 Å². The van der Waals surface area contributed by atoms with Crippen molar-refractivity contribution in [3.63, 3.8) is 0 Å². The Kier molecular flexibility index (Phi) is 5.42. The molecule has 0 unspecified atom stereocenters. The summed E-state index contributed by atoms with van der Waals surface area (Å²) in [5.41, 5.74) is 2.57. The number of carbonyl (C=O) groups is 1. The van der Waals surface area contributed by atoms with Crippen molar-refractivity contribution in [3.05, 3.63) is 29.3 Å². The van der Waals surface area contributed by atoms with Crippen LogP contribution in [0.4, 0.5) is 0 Å². The molecule has 0 N–H and O–H groups in total. The van der Waals surface area contributed by atoms with E-state index in [1.165, 1.54) is 6.08 Å². The number of methoxy groups -OCH3 is 2. The van der Waals surface area contributed by atoms with Gasteiger partial charge in [-0.1, -0.05) is 0 Å². The van der Waals surface area contributed by atoms with E-state index in [4.69, 9.17) is 14.2 Å². The van der Waals surface area contributed by atoms with Crippen molar-refractivity contribution in [2.45, 2.75) is 20.8 Å². The summed E-state index contributed by atoms with van der Waals surface area (Å²) in [5.74, 6) is 1.10. The first-order chi connectivity index (χ1) is 9.03. The summed E-state index contributed by atoms with van der Waals surface area (Å²) in [7, 11) is 3.21. The third-order valence-corrected chi connectivity index (χ3v) is 2.76. The lowest BCUT2D eigenvalue weighted by molar-refractivity contribution is -0.137. The average Bonchev–Trinajstić information content (AvgIpc) is 2.38. The summed E-state index contributed by atoms with van der Waals surface area (Å²) >= 11 is 0. The van der Waals surface area contributed by atoms with Gasteiger partial charge in [-0.3, -0.25) is 0 Å². The lowest BCUT2D eigenvalue weighted by atomic mass is 10.0. The summed E-state index contributed by atoms with van der Waals surface area (Å²) in [5, 5.41) is 0. The van der Waals surface area contributed by atoms with E-state index in [0.29, 0.717) is 12.4 Å². The van der Waals surface area contributed by atoms with Crippen molar-refractivity contribution in [1.82, 2.24) is 0 Å². The minimum atomic E-state index is -0.360. The Bertz CT molecular complexity index is 489. The molecule has 0 spiro atoms. The lowest BCUT2D eigenvalue weighted by Crippen LogP contribution is -2.01. The zero-order valence-electron chi connectivity index (χ0n) is 12.1. The second kappa shape index (κ2) is 6.83. The van der Waals surface area contributed by atoms with E-state index in [1.807, 2.05) is 26.0 Å². The van der Waals surface area contributed by atoms with E-state index in [-0.39, 0.29) is 5.97 Å². The summed E-state index contributed by atoms with van der Waals surface area (Å²) in [6, 6.07) is 3.75. The van der Waals surface area contributed by atoms with E-state index in [9.17, 15) is 4.79 Å². The summed E-state index contributed by atoms with van der Waals surface area (Å²) in [6.45, 7) is 5.91. The molecule has 104 valence electrons. The van der Waals surface area contributed by atoms with Crippen LogP contribution in [0, 0.1) is 6.92 Å². The fourth-order valence-corrected chi connectivity index (χ4v) is 1.80. The van der Waals surface area contributed by atoms with Crippen LogP contribution in [-0.2, 0) is 9.53 Å². The van der Waals surface area contributed by atoms with Crippen LogP contribution >= 0.6 is 0 Å². The second-order valence-electron chi connectivity index (χ2n) is 4.10. The Labute approximate surface area is 114 Å². The van der Waals surface area contributed by atoms with Crippen molar-refractivity contribution in [1.29, 1.82) is 0 Å². The highest BCUT2D eigenvalue weighted by atomic mass is 16.5. The van der Waals surface area contributed by atoms with Gasteiger partial charge in [0.15, 0.2) is 0 Å². The number of rotatable bonds is 5. The quantitative estimate of drug-likeness (QED) is 0.606. The highest BCUT2D eigenvalue weighted by molar-refractivity contribution is 5.92. The largest absolute Gasteiger partial charge is 0.496 e. The normalized spacial score (nSPS) is 11.1. The zero-order valence-corrected chi connectivity index (χ0v) is 12.1. The number of hydrogen-bond donors (Lipinski definition) is 0. The predicted octanol–water partition coefficient (Wildman–Crippen LogP) is 2.98. The molecule has 0 bridgehead atoms. The molecule has 4 heteroatoms. The molecule has 1 rings (SSSR count). The Morgan fingerprint density at radius 1 is 1.21 bits per heavy atom. The molecule has 0 saturated heterocycles. The Morgan fingerprint density at radius 3 is 2.37 bits per heavy atom. The molecule has 0 aliphatic rings. The summed E-state index contributed by atoms with van der Waals surface area (Å²) < 4.78 is 15.5. The number of hydrogen-bond acceptors (Lipinski definition) is 4. The van der Waals surface area contributed by atoms with Gasteiger partial charge in [0.25, 0.3) is 0 Å². The molecule has 0 heterocycles. The van der Waals surface area contributed by atoms with E-state index in [0.717, 1.165) is 22.4 Å². The molecule has 0 fully saturated rings. The number of benzene rings is 1. The van der Waals surface area contributed by atoms with Gasteiger partial charge in [0.05, 0.1) is 20.8 Å². The molecule has 0 amide bonds. The topological polar surface area (TPSA) is 44.8 Å². The van der Waals surface area contributed by atoms with Crippen molar-refractivity contribution < 1.29 is 19.0 Å². The van der Waals surface area contributed by atoms with Crippen molar-refractivity contribution in [2.24, 2.45) is 0 Å². The van der Waals surface area contributed by atoms with Gasteiger partial charge in [0.2, 0.25) is 0 Å². The molecular weight excluding hydrogens is 244 g/mol. The molecule has 0 aromatic heterocycles. The average molecular weight is 264 g/mol. The Hall–Kier alpha value is -1.97. The van der Waals surface area contributed by atoms with E-state index < -0.39 is 0 Å². The second-order valence-corrected chi connectivity index (χ2v) is 4.10. The van der Waals surface area contributed by atoms with Gasteiger partial charge in [-0.15, -0.1) is 0 Å². The number of esters is 1. The molecule has 1 aromatic carbocycles. The first kappa shape index (κ1) is 15.1. The van der Waals surface area contributed by atoms with Crippen molar-refractivity contribution in [2.75, 3.05) is 20.8 Å². The van der Waals surface area contributed by atoms with Crippen LogP contribution in [-0.4, -0.2) is 26.8 Å². The van der Waals surface area contributed by atoms with Crippen LogP contribution in [0.1, 0.15) is 25.0 Å². The van der Waals surface area contributed by atoms with E-state index >= 15 is 0 Å². The third-order valence-electron chi connectivity index (χ3n) is 2.76. The molecule has 0 radical (unpaired) electrons. The van der Waals surface area contributed by atoms with Crippen LogP contribution in [0.25, 0.3) is 5.57 Å². The molecule has 0 saturated carbocycles. The van der Waals surface area contributed by atoms with Gasteiger partial charge in [-0.05, 0) is 44.0 Å². The smallest absolute Gasteiger partial charge is 0.331 e. The molecule has 4 nitrogen and oxygen atoms in total. The molecule has 0 aliphatic carbocycles. The van der Waals surface area contributed by atoms with Crippen LogP contribution in [0.2, 0.25) is 0 Å².